The fourth-order valence-corrected chi connectivity index (χ4v) is 3.74. The highest BCUT2D eigenvalue weighted by atomic mass is 127. The highest BCUT2D eigenvalue weighted by Crippen LogP contribution is 2.37. The molecule has 1 aromatic heterocycles. The molecule has 0 radical (unpaired) electrons. The zero-order valence-corrected chi connectivity index (χ0v) is 15.2. The predicted molar refractivity (Wildman–Crippen MR) is 98.5 cm³/mol. The average Bonchev–Trinajstić information content (AvgIpc) is 2.98. The lowest BCUT2D eigenvalue weighted by Crippen LogP contribution is -2.27. The van der Waals surface area contributed by atoms with Crippen LogP contribution >= 0.6 is 58.2 Å². The first-order chi connectivity index (χ1) is 10.5. The van der Waals surface area contributed by atoms with E-state index in [0.29, 0.717) is 20.7 Å². The number of carbonyl (C=O) groups is 1. The highest BCUT2D eigenvalue weighted by molar-refractivity contribution is 14.1. The van der Waals surface area contributed by atoms with Gasteiger partial charge in [0.25, 0.3) is 5.91 Å². The molecule has 112 valence electrons. The molecule has 3 rings (SSSR count). The molecule has 1 fully saturated rings. The van der Waals surface area contributed by atoms with Gasteiger partial charge in [0.2, 0.25) is 0 Å². The molecule has 0 saturated carbocycles. The minimum absolute atomic E-state index is 0.0592. The maximum atomic E-state index is 13.2. The summed E-state index contributed by atoms with van der Waals surface area (Å²) >= 11 is 14.2. The van der Waals surface area contributed by atoms with Gasteiger partial charge in [-0.25, -0.2) is 4.39 Å². The third-order valence-electron chi connectivity index (χ3n) is 2.82. The number of anilines is 1. The Kier molecular flexibility index (Phi) is 4.58. The summed E-state index contributed by atoms with van der Waals surface area (Å²) in [5, 5.41) is -0.0592. The maximum Gasteiger partial charge on any atom is 0.270 e. The van der Waals surface area contributed by atoms with Gasteiger partial charge in [-0.1, -0.05) is 35.6 Å². The van der Waals surface area contributed by atoms with Crippen LogP contribution in [-0.4, -0.2) is 10.2 Å². The van der Waals surface area contributed by atoms with Crippen molar-refractivity contribution in [2.45, 2.75) is 0 Å². The summed E-state index contributed by atoms with van der Waals surface area (Å²) in [5.74, 6) is -0.261. The van der Waals surface area contributed by atoms with Crippen molar-refractivity contribution < 1.29 is 13.6 Å². The molecular weight excluding hydrogens is 460 g/mol. The first-order valence-electron chi connectivity index (χ1n) is 5.94. The zero-order valence-electron chi connectivity index (χ0n) is 10.7. The minimum atomic E-state index is -0.545. The summed E-state index contributed by atoms with van der Waals surface area (Å²) < 4.78 is 19.8. The lowest BCUT2D eigenvalue weighted by atomic mass is 10.2. The molecule has 0 atom stereocenters. The van der Waals surface area contributed by atoms with Gasteiger partial charge in [-0.15, -0.1) is 0 Å². The summed E-state index contributed by atoms with van der Waals surface area (Å²) in [6.07, 6.45) is 1.63. The molecule has 0 bridgehead atoms. The molecule has 1 aliphatic rings. The van der Waals surface area contributed by atoms with Gasteiger partial charge in [-0.2, -0.15) is 0 Å². The fourth-order valence-electron chi connectivity index (χ4n) is 1.85. The summed E-state index contributed by atoms with van der Waals surface area (Å²) in [5.41, 5.74) is 0.436. The number of nitrogens with zero attached hydrogens (tertiary/aromatic N) is 1. The number of amides is 1. The summed E-state index contributed by atoms with van der Waals surface area (Å²) in [7, 11) is 0. The van der Waals surface area contributed by atoms with Gasteiger partial charge >= 0.3 is 0 Å². The molecule has 0 aliphatic carbocycles. The van der Waals surface area contributed by atoms with Crippen molar-refractivity contribution in [2.24, 2.45) is 0 Å². The summed E-state index contributed by atoms with van der Waals surface area (Å²) in [6.45, 7) is 0. The van der Waals surface area contributed by atoms with Gasteiger partial charge < -0.3 is 4.42 Å². The van der Waals surface area contributed by atoms with Gasteiger partial charge in [-0.05, 0) is 52.9 Å². The van der Waals surface area contributed by atoms with Crippen molar-refractivity contribution in [3.8, 4) is 0 Å². The third kappa shape index (κ3) is 3.08. The molecule has 0 spiro atoms. The Hall–Kier alpha value is -0.900. The molecular formula is C14H6ClFINO2S2. The van der Waals surface area contributed by atoms with Gasteiger partial charge in [0.05, 0.1) is 15.6 Å². The lowest BCUT2D eigenvalue weighted by molar-refractivity contribution is -0.113. The number of hydrogen-bond acceptors (Lipinski definition) is 4. The largest absolute Gasteiger partial charge is 0.451 e. The SMILES string of the molecule is O=C1/C(=C/c2ccc(I)o2)SC(=S)N1c1ccc(F)c(Cl)c1. The zero-order chi connectivity index (χ0) is 15.9. The molecule has 3 nitrogen and oxygen atoms in total. The second-order valence-corrected chi connectivity index (χ2v) is 7.40. The number of carbonyl (C=O) groups excluding carboxylic acids is 1. The van der Waals surface area contributed by atoms with Crippen molar-refractivity contribution in [2.75, 3.05) is 4.90 Å². The molecule has 2 heterocycles. The van der Waals surface area contributed by atoms with Crippen molar-refractivity contribution in [1.29, 1.82) is 0 Å². The molecule has 1 amide bonds. The third-order valence-corrected chi connectivity index (χ3v) is 4.99. The van der Waals surface area contributed by atoms with E-state index in [2.05, 4.69) is 0 Å². The fraction of sp³-hybridized carbons (Fsp3) is 0. The maximum absolute atomic E-state index is 13.2. The van der Waals surface area contributed by atoms with E-state index in [1.165, 1.54) is 23.1 Å². The van der Waals surface area contributed by atoms with Crippen LogP contribution < -0.4 is 4.90 Å². The Morgan fingerprint density at radius 2 is 2.14 bits per heavy atom. The van der Waals surface area contributed by atoms with Gasteiger partial charge in [0, 0.05) is 6.08 Å². The molecule has 2 aromatic rings. The highest BCUT2D eigenvalue weighted by Gasteiger charge is 2.33. The number of thioether (sulfide) groups is 1. The Balaban J connectivity index is 1.94. The smallest absolute Gasteiger partial charge is 0.270 e. The van der Waals surface area contributed by atoms with Crippen LogP contribution in [0.25, 0.3) is 6.08 Å². The Labute approximate surface area is 153 Å². The quantitative estimate of drug-likeness (QED) is 0.352. The van der Waals surface area contributed by atoms with Crippen LogP contribution in [0.2, 0.25) is 5.02 Å². The van der Waals surface area contributed by atoms with Crippen LogP contribution in [0.3, 0.4) is 0 Å². The van der Waals surface area contributed by atoms with Gasteiger partial charge in [-0.3, -0.25) is 9.69 Å². The normalized spacial score (nSPS) is 16.9. The topological polar surface area (TPSA) is 33.5 Å². The Morgan fingerprint density at radius 3 is 2.77 bits per heavy atom. The number of benzene rings is 1. The molecule has 8 heteroatoms. The van der Waals surface area contributed by atoms with Crippen LogP contribution in [-0.2, 0) is 4.79 Å². The van der Waals surface area contributed by atoms with E-state index in [1.807, 2.05) is 22.6 Å². The van der Waals surface area contributed by atoms with Crippen molar-refractivity contribution in [1.82, 2.24) is 0 Å². The van der Waals surface area contributed by atoms with Crippen LogP contribution in [0.15, 0.2) is 39.7 Å². The van der Waals surface area contributed by atoms with E-state index in [-0.39, 0.29) is 10.9 Å². The monoisotopic (exact) mass is 465 g/mol. The van der Waals surface area contributed by atoms with E-state index < -0.39 is 5.82 Å². The standard InChI is InChI=1S/C14H6ClFINO2S2/c15-9-5-7(1-3-10(9)16)18-13(19)11(22-14(18)21)6-8-2-4-12(17)20-8/h1-6H/b11-6-. The average molecular weight is 466 g/mol. The van der Waals surface area contributed by atoms with Crippen molar-refractivity contribution >= 4 is 80.2 Å². The first kappa shape index (κ1) is 16.0. The number of rotatable bonds is 2. The van der Waals surface area contributed by atoms with E-state index in [4.69, 9.17) is 28.2 Å². The number of hydrogen-bond donors (Lipinski definition) is 0. The first-order valence-corrected chi connectivity index (χ1v) is 8.62. The van der Waals surface area contributed by atoms with Crippen LogP contribution in [0, 0.1) is 9.58 Å². The lowest BCUT2D eigenvalue weighted by Gasteiger charge is -2.14. The number of thiocarbonyl (C=S) groups is 1. The van der Waals surface area contributed by atoms with Crippen LogP contribution in [0.5, 0.6) is 0 Å². The van der Waals surface area contributed by atoms with E-state index in [0.717, 1.165) is 15.5 Å². The number of halogens is 3. The van der Waals surface area contributed by atoms with E-state index in [9.17, 15) is 9.18 Å². The second-order valence-electron chi connectivity index (χ2n) is 4.26. The van der Waals surface area contributed by atoms with Gasteiger partial charge in [0.15, 0.2) is 8.09 Å². The molecule has 0 unspecified atom stereocenters. The van der Waals surface area contributed by atoms with Crippen LogP contribution in [0.1, 0.15) is 5.76 Å². The van der Waals surface area contributed by atoms with E-state index in [1.54, 1.807) is 18.2 Å². The second kappa shape index (κ2) is 6.31. The van der Waals surface area contributed by atoms with E-state index >= 15 is 0 Å². The minimum Gasteiger partial charge on any atom is -0.451 e. The van der Waals surface area contributed by atoms with Crippen molar-refractivity contribution in [3.63, 3.8) is 0 Å². The summed E-state index contributed by atoms with van der Waals surface area (Å²) in [4.78, 5) is 14.3. The Morgan fingerprint density at radius 1 is 1.36 bits per heavy atom. The van der Waals surface area contributed by atoms with Crippen LogP contribution in [0.4, 0.5) is 10.1 Å². The van der Waals surface area contributed by atoms with Gasteiger partial charge in [0.1, 0.15) is 11.6 Å². The molecule has 22 heavy (non-hydrogen) atoms. The molecule has 0 N–H and O–H groups in total. The van der Waals surface area contributed by atoms with Crippen molar-refractivity contribution in [3.05, 3.63) is 55.6 Å². The summed E-state index contributed by atoms with van der Waals surface area (Å²) in [6, 6.07) is 7.61. The molecule has 1 saturated heterocycles. The Bertz CT molecular complexity index is 821. The predicted octanol–water partition coefficient (Wildman–Crippen LogP) is 5.08. The molecule has 1 aromatic carbocycles. The molecule has 1 aliphatic heterocycles. The number of furan rings is 1.